The van der Waals surface area contributed by atoms with Gasteiger partial charge in [-0.2, -0.15) is 0 Å². The average molecular weight is 272 g/mol. The van der Waals surface area contributed by atoms with Gasteiger partial charge in [-0.05, 0) is 37.7 Å². The second-order valence-corrected chi connectivity index (χ2v) is 6.60. The van der Waals surface area contributed by atoms with Crippen molar-refractivity contribution in [1.82, 2.24) is 10.2 Å². The van der Waals surface area contributed by atoms with E-state index >= 15 is 0 Å². The Morgan fingerprint density at radius 1 is 1.25 bits per heavy atom. The molecule has 1 aliphatic heterocycles. The lowest BCUT2D eigenvalue weighted by Crippen LogP contribution is -2.55. The molecule has 0 radical (unpaired) electrons. The normalized spacial score (nSPS) is 29.3. The standard InChI is InChI=1S/C18H28N2/c1-3-7-17-13-20(14(2)15-10-11-15)18(12-19-17)16-8-5-4-6-9-16/h4-6,8-9,14-15,17-19H,3,7,10-13H2,1-2H3. The molecular weight excluding hydrogens is 244 g/mol. The first-order valence-electron chi connectivity index (χ1n) is 8.33. The van der Waals surface area contributed by atoms with Crippen LogP contribution in [0.1, 0.15) is 51.1 Å². The molecule has 3 atom stereocenters. The highest BCUT2D eigenvalue weighted by Gasteiger charge is 2.38. The van der Waals surface area contributed by atoms with Gasteiger partial charge in [0.25, 0.3) is 0 Å². The molecule has 0 aromatic heterocycles. The highest BCUT2D eigenvalue weighted by Crippen LogP contribution is 2.39. The van der Waals surface area contributed by atoms with Gasteiger partial charge in [-0.1, -0.05) is 43.7 Å². The Morgan fingerprint density at radius 2 is 2.00 bits per heavy atom. The molecule has 2 nitrogen and oxygen atoms in total. The van der Waals surface area contributed by atoms with E-state index in [1.165, 1.54) is 37.8 Å². The summed E-state index contributed by atoms with van der Waals surface area (Å²) in [5.41, 5.74) is 1.47. The van der Waals surface area contributed by atoms with Gasteiger partial charge in [0.05, 0.1) is 0 Å². The van der Waals surface area contributed by atoms with Crippen molar-refractivity contribution in [3.05, 3.63) is 35.9 Å². The van der Waals surface area contributed by atoms with Gasteiger partial charge in [-0.3, -0.25) is 4.90 Å². The van der Waals surface area contributed by atoms with Crippen molar-refractivity contribution in [2.45, 2.75) is 57.7 Å². The predicted molar refractivity (Wildman–Crippen MR) is 84.8 cm³/mol. The number of hydrogen-bond acceptors (Lipinski definition) is 2. The van der Waals surface area contributed by atoms with E-state index in [1.54, 1.807) is 0 Å². The molecular formula is C18H28N2. The van der Waals surface area contributed by atoms with Crippen LogP contribution in [0.3, 0.4) is 0 Å². The van der Waals surface area contributed by atoms with Crippen LogP contribution in [0.5, 0.6) is 0 Å². The van der Waals surface area contributed by atoms with Gasteiger partial charge in [0.15, 0.2) is 0 Å². The van der Waals surface area contributed by atoms with E-state index in [-0.39, 0.29) is 0 Å². The van der Waals surface area contributed by atoms with E-state index in [9.17, 15) is 0 Å². The van der Waals surface area contributed by atoms with E-state index in [1.807, 2.05) is 0 Å². The zero-order valence-corrected chi connectivity index (χ0v) is 12.9. The Labute approximate surface area is 123 Å². The molecule has 1 aromatic carbocycles. The third-order valence-corrected chi connectivity index (χ3v) is 5.08. The zero-order valence-electron chi connectivity index (χ0n) is 12.9. The van der Waals surface area contributed by atoms with Crippen molar-refractivity contribution in [2.24, 2.45) is 5.92 Å². The highest BCUT2D eigenvalue weighted by molar-refractivity contribution is 5.21. The van der Waals surface area contributed by atoms with E-state index in [0.717, 1.165) is 18.5 Å². The summed E-state index contributed by atoms with van der Waals surface area (Å²) < 4.78 is 0. The predicted octanol–water partition coefficient (Wildman–Crippen LogP) is 3.60. The van der Waals surface area contributed by atoms with Crippen molar-refractivity contribution >= 4 is 0 Å². The van der Waals surface area contributed by atoms with Gasteiger partial charge in [-0.25, -0.2) is 0 Å². The fourth-order valence-electron chi connectivity index (χ4n) is 3.67. The van der Waals surface area contributed by atoms with Gasteiger partial charge in [-0.15, -0.1) is 0 Å². The molecule has 3 rings (SSSR count). The third kappa shape index (κ3) is 3.07. The van der Waals surface area contributed by atoms with Crippen LogP contribution in [0, 0.1) is 5.92 Å². The molecule has 0 spiro atoms. The molecule has 0 amide bonds. The lowest BCUT2D eigenvalue weighted by molar-refractivity contribution is 0.0757. The van der Waals surface area contributed by atoms with E-state index in [2.05, 4.69) is 54.4 Å². The van der Waals surface area contributed by atoms with Gasteiger partial charge in [0.2, 0.25) is 0 Å². The smallest absolute Gasteiger partial charge is 0.0476 e. The summed E-state index contributed by atoms with van der Waals surface area (Å²) in [6.07, 6.45) is 5.45. The van der Waals surface area contributed by atoms with E-state index < -0.39 is 0 Å². The Bertz CT molecular complexity index is 413. The van der Waals surface area contributed by atoms with Crippen LogP contribution >= 0.6 is 0 Å². The Kier molecular flexibility index (Phi) is 4.42. The maximum absolute atomic E-state index is 3.77. The quantitative estimate of drug-likeness (QED) is 0.881. The lowest BCUT2D eigenvalue weighted by Gasteiger charge is -2.44. The molecule has 1 saturated heterocycles. The molecule has 1 aromatic rings. The second kappa shape index (κ2) is 6.28. The largest absolute Gasteiger partial charge is 0.311 e. The van der Waals surface area contributed by atoms with Crippen molar-refractivity contribution in [2.75, 3.05) is 13.1 Å². The summed E-state index contributed by atoms with van der Waals surface area (Å²) in [4.78, 5) is 2.78. The second-order valence-electron chi connectivity index (χ2n) is 6.60. The number of benzene rings is 1. The van der Waals surface area contributed by atoms with Crippen LogP contribution in [0.25, 0.3) is 0 Å². The van der Waals surface area contributed by atoms with Crippen LogP contribution in [-0.4, -0.2) is 30.1 Å². The van der Waals surface area contributed by atoms with Gasteiger partial charge in [0, 0.05) is 31.2 Å². The van der Waals surface area contributed by atoms with Crippen LogP contribution in [0.2, 0.25) is 0 Å². The zero-order chi connectivity index (χ0) is 13.9. The Balaban J connectivity index is 1.76. The molecule has 1 aliphatic carbocycles. The SMILES string of the molecule is CCCC1CN(C(C)C2CC2)C(c2ccccc2)CN1. The average Bonchev–Trinajstić information content (AvgIpc) is 3.32. The summed E-state index contributed by atoms with van der Waals surface area (Å²) in [7, 11) is 0. The number of nitrogens with zero attached hydrogens (tertiary/aromatic N) is 1. The van der Waals surface area contributed by atoms with Gasteiger partial charge in [0.1, 0.15) is 0 Å². The first kappa shape index (κ1) is 14.1. The van der Waals surface area contributed by atoms with Crippen LogP contribution < -0.4 is 5.32 Å². The fraction of sp³-hybridized carbons (Fsp3) is 0.667. The highest BCUT2D eigenvalue weighted by atomic mass is 15.3. The Morgan fingerprint density at radius 3 is 2.65 bits per heavy atom. The summed E-state index contributed by atoms with van der Waals surface area (Å²) >= 11 is 0. The molecule has 0 bridgehead atoms. The van der Waals surface area contributed by atoms with Crippen molar-refractivity contribution in [1.29, 1.82) is 0 Å². The van der Waals surface area contributed by atoms with E-state index in [4.69, 9.17) is 0 Å². The maximum atomic E-state index is 3.77. The van der Waals surface area contributed by atoms with Gasteiger partial charge >= 0.3 is 0 Å². The Hall–Kier alpha value is -0.860. The summed E-state index contributed by atoms with van der Waals surface area (Å²) in [6, 6.07) is 13.0. The number of nitrogens with one attached hydrogen (secondary N) is 1. The molecule has 20 heavy (non-hydrogen) atoms. The number of hydrogen-bond donors (Lipinski definition) is 1. The molecule has 2 heteroatoms. The third-order valence-electron chi connectivity index (χ3n) is 5.08. The fourth-order valence-corrected chi connectivity index (χ4v) is 3.67. The van der Waals surface area contributed by atoms with Gasteiger partial charge < -0.3 is 5.32 Å². The first-order valence-corrected chi connectivity index (χ1v) is 8.33. The summed E-state index contributed by atoms with van der Waals surface area (Å²) in [5, 5.41) is 3.77. The molecule has 110 valence electrons. The molecule has 1 N–H and O–H groups in total. The minimum absolute atomic E-state index is 0.555. The van der Waals surface area contributed by atoms with Crippen LogP contribution in [0.15, 0.2) is 30.3 Å². The minimum atomic E-state index is 0.555. The molecule has 1 saturated carbocycles. The lowest BCUT2D eigenvalue weighted by atomic mass is 9.96. The van der Waals surface area contributed by atoms with Crippen molar-refractivity contribution in [3.63, 3.8) is 0 Å². The molecule has 2 fully saturated rings. The minimum Gasteiger partial charge on any atom is -0.311 e. The van der Waals surface area contributed by atoms with Crippen molar-refractivity contribution < 1.29 is 0 Å². The summed E-state index contributed by atoms with van der Waals surface area (Å²) in [6.45, 7) is 7.05. The molecule has 1 heterocycles. The number of rotatable bonds is 5. The topological polar surface area (TPSA) is 15.3 Å². The first-order chi connectivity index (χ1) is 9.79. The number of piperazine rings is 1. The molecule has 3 unspecified atom stereocenters. The van der Waals surface area contributed by atoms with Crippen molar-refractivity contribution in [3.8, 4) is 0 Å². The van der Waals surface area contributed by atoms with Crippen LogP contribution in [-0.2, 0) is 0 Å². The summed E-state index contributed by atoms with van der Waals surface area (Å²) in [5.74, 6) is 0.946. The van der Waals surface area contributed by atoms with Crippen LogP contribution in [0.4, 0.5) is 0 Å². The maximum Gasteiger partial charge on any atom is 0.0476 e. The monoisotopic (exact) mass is 272 g/mol. The van der Waals surface area contributed by atoms with E-state index in [0.29, 0.717) is 12.1 Å². The molecule has 2 aliphatic rings.